The summed E-state index contributed by atoms with van der Waals surface area (Å²) in [4.78, 5) is 0. The Morgan fingerprint density at radius 1 is 1.33 bits per heavy atom. The van der Waals surface area contributed by atoms with E-state index >= 15 is 0 Å². The first-order valence-electron chi connectivity index (χ1n) is 6.56. The Labute approximate surface area is 110 Å². The average molecular weight is 246 g/mol. The number of aryl methyl sites for hydroxylation is 1. The van der Waals surface area contributed by atoms with Gasteiger partial charge in [-0.05, 0) is 36.6 Å². The van der Waals surface area contributed by atoms with Crippen LogP contribution in [0.25, 0.3) is 0 Å². The maximum absolute atomic E-state index is 8.79. The Kier molecular flexibility index (Phi) is 7.09. The summed E-state index contributed by atoms with van der Waals surface area (Å²) >= 11 is 0. The summed E-state index contributed by atoms with van der Waals surface area (Å²) in [6, 6.07) is 7.95. The number of nitriles is 1. The zero-order valence-electron chi connectivity index (χ0n) is 11.3. The Bertz CT molecular complexity index is 396. The molecule has 0 spiro atoms. The number of hydrogen-bond acceptors (Lipinski definition) is 3. The fraction of sp³-hybridized carbons (Fsp3) is 0.533. The smallest absolute Gasteiger partial charge is 0.0991 e. The first kappa shape index (κ1) is 14.7. The monoisotopic (exact) mass is 246 g/mol. The second-order valence-electron chi connectivity index (χ2n) is 4.40. The van der Waals surface area contributed by atoms with E-state index in [0.717, 1.165) is 43.9 Å². The minimum atomic E-state index is 0.721. The van der Waals surface area contributed by atoms with Crippen molar-refractivity contribution in [1.29, 1.82) is 5.26 Å². The predicted molar refractivity (Wildman–Crippen MR) is 73.3 cm³/mol. The highest BCUT2D eigenvalue weighted by molar-refractivity contribution is 5.37. The van der Waals surface area contributed by atoms with Crippen molar-refractivity contribution in [1.82, 2.24) is 5.32 Å². The molecule has 3 nitrogen and oxygen atoms in total. The number of benzene rings is 1. The lowest BCUT2D eigenvalue weighted by Crippen LogP contribution is -2.20. The largest absolute Gasteiger partial charge is 0.380 e. The van der Waals surface area contributed by atoms with Gasteiger partial charge in [0.2, 0.25) is 0 Å². The van der Waals surface area contributed by atoms with Gasteiger partial charge in [0.05, 0.1) is 18.2 Å². The highest BCUT2D eigenvalue weighted by Gasteiger charge is 1.99. The van der Waals surface area contributed by atoms with Gasteiger partial charge in [0.25, 0.3) is 0 Å². The molecule has 18 heavy (non-hydrogen) atoms. The lowest BCUT2D eigenvalue weighted by molar-refractivity contribution is 0.133. The molecule has 3 heteroatoms. The molecule has 0 aliphatic rings. The van der Waals surface area contributed by atoms with E-state index in [1.165, 1.54) is 12.0 Å². The van der Waals surface area contributed by atoms with Crippen LogP contribution in [0, 0.1) is 18.3 Å². The van der Waals surface area contributed by atoms with Crippen molar-refractivity contribution in [3.8, 4) is 6.07 Å². The third-order valence-corrected chi connectivity index (χ3v) is 2.85. The molecule has 0 saturated carbocycles. The van der Waals surface area contributed by atoms with Crippen LogP contribution >= 0.6 is 0 Å². The third-order valence-electron chi connectivity index (χ3n) is 2.85. The maximum Gasteiger partial charge on any atom is 0.0991 e. The van der Waals surface area contributed by atoms with Crippen LogP contribution in [0.1, 0.15) is 36.5 Å². The molecule has 0 unspecified atom stereocenters. The standard InChI is InChI=1S/C15H22N2O/c1-3-4-8-18-9-7-17-12-15-6-5-14(11-16)10-13(15)2/h5-6,10,17H,3-4,7-9,12H2,1-2H3. The quantitative estimate of drug-likeness (QED) is 0.717. The van der Waals surface area contributed by atoms with Gasteiger partial charge < -0.3 is 10.1 Å². The topological polar surface area (TPSA) is 45.0 Å². The van der Waals surface area contributed by atoms with Crippen molar-refractivity contribution in [3.63, 3.8) is 0 Å². The molecule has 1 aromatic rings. The van der Waals surface area contributed by atoms with Gasteiger partial charge in [-0.1, -0.05) is 19.4 Å². The molecule has 1 N–H and O–H groups in total. The average Bonchev–Trinajstić information content (AvgIpc) is 2.39. The molecule has 0 saturated heterocycles. The molecule has 0 aromatic heterocycles. The Balaban J connectivity index is 2.21. The van der Waals surface area contributed by atoms with Crippen LogP contribution in [0.15, 0.2) is 18.2 Å². The molecule has 0 heterocycles. The van der Waals surface area contributed by atoms with Crippen molar-refractivity contribution < 1.29 is 4.74 Å². The summed E-state index contributed by atoms with van der Waals surface area (Å²) in [6.45, 7) is 7.51. The van der Waals surface area contributed by atoms with Crippen molar-refractivity contribution in [2.24, 2.45) is 0 Å². The normalized spacial score (nSPS) is 10.3. The van der Waals surface area contributed by atoms with Crippen molar-refractivity contribution in [2.75, 3.05) is 19.8 Å². The predicted octanol–water partition coefficient (Wildman–Crippen LogP) is 2.77. The van der Waals surface area contributed by atoms with E-state index < -0.39 is 0 Å². The molecular weight excluding hydrogens is 224 g/mol. The van der Waals surface area contributed by atoms with E-state index in [9.17, 15) is 0 Å². The van der Waals surface area contributed by atoms with Crippen molar-refractivity contribution >= 4 is 0 Å². The zero-order valence-corrected chi connectivity index (χ0v) is 11.3. The van der Waals surface area contributed by atoms with E-state index in [1.807, 2.05) is 25.1 Å². The molecule has 0 aliphatic heterocycles. The fourth-order valence-corrected chi connectivity index (χ4v) is 1.68. The summed E-state index contributed by atoms with van der Waals surface area (Å²) in [6.07, 6.45) is 2.31. The SMILES string of the molecule is CCCCOCCNCc1ccc(C#N)cc1C. The van der Waals surface area contributed by atoms with Crippen LogP contribution in [-0.2, 0) is 11.3 Å². The molecule has 0 amide bonds. The number of unbranched alkanes of at least 4 members (excludes halogenated alkanes) is 1. The van der Waals surface area contributed by atoms with Crippen LogP contribution in [-0.4, -0.2) is 19.8 Å². The van der Waals surface area contributed by atoms with Crippen LogP contribution in [0.5, 0.6) is 0 Å². The molecule has 0 radical (unpaired) electrons. The summed E-state index contributed by atoms with van der Waals surface area (Å²) in [5.41, 5.74) is 3.12. The van der Waals surface area contributed by atoms with E-state index in [1.54, 1.807) is 0 Å². The van der Waals surface area contributed by atoms with E-state index in [0.29, 0.717) is 0 Å². The van der Waals surface area contributed by atoms with E-state index in [-0.39, 0.29) is 0 Å². The summed E-state index contributed by atoms with van der Waals surface area (Å²) in [5.74, 6) is 0. The van der Waals surface area contributed by atoms with Crippen LogP contribution < -0.4 is 5.32 Å². The molecule has 1 rings (SSSR count). The molecule has 0 aliphatic carbocycles. The highest BCUT2D eigenvalue weighted by atomic mass is 16.5. The second kappa shape index (κ2) is 8.68. The fourth-order valence-electron chi connectivity index (χ4n) is 1.68. The van der Waals surface area contributed by atoms with Crippen LogP contribution in [0.4, 0.5) is 0 Å². The van der Waals surface area contributed by atoms with Gasteiger partial charge in [-0.2, -0.15) is 5.26 Å². The first-order chi connectivity index (χ1) is 8.77. The Morgan fingerprint density at radius 3 is 2.83 bits per heavy atom. The Morgan fingerprint density at radius 2 is 2.17 bits per heavy atom. The molecule has 98 valence electrons. The van der Waals surface area contributed by atoms with E-state index in [4.69, 9.17) is 10.00 Å². The summed E-state index contributed by atoms with van der Waals surface area (Å²) in [5, 5.41) is 12.1. The van der Waals surface area contributed by atoms with Gasteiger partial charge in [0.1, 0.15) is 0 Å². The Hall–Kier alpha value is -1.37. The van der Waals surface area contributed by atoms with Crippen LogP contribution in [0.3, 0.4) is 0 Å². The molecule has 1 aromatic carbocycles. The maximum atomic E-state index is 8.79. The second-order valence-corrected chi connectivity index (χ2v) is 4.40. The minimum Gasteiger partial charge on any atom is -0.380 e. The lowest BCUT2D eigenvalue weighted by atomic mass is 10.1. The lowest BCUT2D eigenvalue weighted by Gasteiger charge is -2.08. The van der Waals surface area contributed by atoms with E-state index in [2.05, 4.69) is 18.3 Å². The number of ether oxygens (including phenoxy) is 1. The number of rotatable bonds is 8. The van der Waals surface area contributed by atoms with Gasteiger partial charge in [0.15, 0.2) is 0 Å². The van der Waals surface area contributed by atoms with Crippen LogP contribution in [0.2, 0.25) is 0 Å². The van der Waals surface area contributed by atoms with Gasteiger partial charge in [-0.25, -0.2) is 0 Å². The van der Waals surface area contributed by atoms with Gasteiger partial charge in [0, 0.05) is 19.7 Å². The number of nitrogens with one attached hydrogen (secondary N) is 1. The number of nitrogens with zero attached hydrogens (tertiary/aromatic N) is 1. The zero-order chi connectivity index (χ0) is 13.2. The number of hydrogen-bond donors (Lipinski definition) is 1. The summed E-state index contributed by atoms with van der Waals surface area (Å²) < 4.78 is 5.47. The van der Waals surface area contributed by atoms with Crippen molar-refractivity contribution in [2.45, 2.75) is 33.2 Å². The van der Waals surface area contributed by atoms with Gasteiger partial charge in [-0.15, -0.1) is 0 Å². The molecule has 0 fully saturated rings. The highest BCUT2D eigenvalue weighted by Crippen LogP contribution is 2.10. The minimum absolute atomic E-state index is 0.721. The molecular formula is C15H22N2O. The molecule has 0 bridgehead atoms. The first-order valence-corrected chi connectivity index (χ1v) is 6.56. The summed E-state index contributed by atoms with van der Waals surface area (Å²) in [7, 11) is 0. The van der Waals surface area contributed by atoms with Gasteiger partial charge in [-0.3, -0.25) is 0 Å². The molecule has 0 atom stereocenters. The van der Waals surface area contributed by atoms with Gasteiger partial charge >= 0.3 is 0 Å². The van der Waals surface area contributed by atoms with Crippen molar-refractivity contribution in [3.05, 3.63) is 34.9 Å². The third kappa shape index (κ3) is 5.31.